The maximum absolute atomic E-state index is 12.4. The number of anilines is 2. The van der Waals surface area contributed by atoms with Gasteiger partial charge in [-0.1, -0.05) is 17.3 Å². The molecule has 0 aliphatic carbocycles. The summed E-state index contributed by atoms with van der Waals surface area (Å²) in [5, 5.41) is 13.1. The van der Waals surface area contributed by atoms with Crippen LogP contribution in [0.5, 0.6) is 11.5 Å². The molecule has 10 heteroatoms. The number of rotatable bonds is 9. The SMILES string of the molecule is CCOc1ccc(NC(=O)Cn2nnc(C(=O)NCc3ccc(OC)cc3)c2N)cc1. The zero-order chi connectivity index (χ0) is 22.2. The molecule has 0 aliphatic rings. The second-order valence-corrected chi connectivity index (χ2v) is 6.52. The number of amides is 2. The van der Waals surface area contributed by atoms with Gasteiger partial charge in [-0.15, -0.1) is 5.10 Å². The van der Waals surface area contributed by atoms with Crippen molar-refractivity contribution in [1.29, 1.82) is 0 Å². The number of carbonyl (C=O) groups is 2. The van der Waals surface area contributed by atoms with Crippen LogP contribution in [-0.4, -0.2) is 40.5 Å². The number of methoxy groups -OCH3 is 1. The van der Waals surface area contributed by atoms with E-state index in [0.717, 1.165) is 11.3 Å². The van der Waals surface area contributed by atoms with Gasteiger partial charge in [-0.3, -0.25) is 9.59 Å². The normalized spacial score (nSPS) is 10.4. The minimum Gasteiger partial charge on any atom is -0.497 e. The van der Waals surface area contributed by atoms with E-state index in [0.29, 0.717) is 18.0 Å². The van der Waals surface area contributed by atoms with Crippen molar-refractivity contribution in [1.82, 2.24) is 20.3 Å². The van der Waals surface area contributed by atoms with E-state index in [1.807, 2.05) is 19.1 Å². The molecule has 0 fully saturated rings. The summed E-state index contributed by atoms with van der Waals surface area (Å²) in [6, 6.07) is 14.2. The Morgan fingerprint density at radius 3 is 2.39 bits per heavy atom. The monoisotopic (exact) mass is 424 g/mol. The molecule has 162 valence electrons. The summed E-state index contributed by atoms with van der Waals surface area (Å²) in [6.07, 6.45) is 0. The summed E-state index contributed by atoms with van der Waals surface area (Å²) in [6.45, 7) is 2.56. The molecule has 1 heterocycles. The first-order valence-electron chi connectivity index (χ1n) is 9.63. The fraction of sp³-hybridized carbons (Fsp3) is 0.238. The van der Waals surface area contributed by atoms with Crippen molar-refractivity contribution in [3.05, 3.63) is 59.8 Å². The Morgan fingerprint density at radius 2 is 1.74 bits per heavy atom. The minimum atomic E-state index is -0.480. The molecule has 0 bridgehead atoms. The molecule has 0 saturated heterocycles. The zero-order valence-corrected chi connectivity index (χ0v) is 17.3. The highest BCUT2D eigenvalue weighted by molar-refractivity contribution is 5.96. The lowest BCUT2D eigenvalue weighted by molar-refractivity contribution is -0.116. The van der Waals surface area contributed by atoms with Crippen LogP contribution in [0.3, 0.4) is 0 Å². The van der Waals surface area contributed by atoms with Crippen LogP contribution in [0.25, 0.3) is 0 Å². The number of hydrogen-bond donors (Lipinski definition) is 3. The first kappa shape index (κ1) is 21.6. The summed E-state index contributed by atoms with van der Waals surface area (Å²) in [5.74, 6) is 0.614. The number of nitrogen functional groups attached to an aromatic ring is 1. The number of benzene rings is 2. The predicted octanol–water partition coefficient (Wildman–Crippen LogP) is 1.84. The van der Waals surface area contributed by atoms with Crippen molar-refractivity contribution in [2.24, 2.45) is 0 Å². The van der Waals surface area contributed by atoms with E-state index in [4.69, 9.17) is 15.2 Å². The lowest BCUT2D eigenvalue weighted by atomic mass is 10.2. The maximum atomic E-state index is 12.4. The standard InChI is InChI=1S/C21H24N6O4/c1-3-31-17-10-6-15(7-11-17)24-18(28)13-27-20(22)19(25-26-27)21(29)23-12-14-4-8-16(30-2)9-5-14/h4-11H,3,12-13,22H2,1-2H3,(H,23,29)(H,24,28). The van der Waals surface area contributed by atoms with Crippen molar-refractivity contribution in [2.45, 2.75) is 20.0 Å². The zero-order valence-electron chi connectivity index (χ0n) is 17.3. The predicted molar refractivity (Wildman–Crippen MR) is 115 cm³/mol. The van der Waals surface area contributed by atoms with Gasteiger partial charge in [0, 0.05) is 12.2 Å². The smallest absolute Gasteiger partial charge is 0.275 e. The second kappa shape index (κ2) is 10.1. The Bertz CT molecular complexity index is 1030. The number of nitrogens with one attached hydrogen (secondary N) is 2. The molecule has 3 aromatic rings. The van der Waals surface area contributed by atoms with Crippen LogP contribution in [0.4, 0.5) is 11.5 Å². The molecule has 4 N–H and O–H groups in total. The van der Waals surface area contributed by atoms with Crippen molar-refractivity contribution in [2.75, 3.05) is 24.8 Å². The Morgan fingerprint density at radius 1 is 1.06 bits per heavy atom. The van der Waals surface area contributed by atoms with Crippen LogP contribution < -0.4 is 25.8 Å². The molecule has 0 saturated carbocycles. The number of aromatic nitrogens is 3. The first-order valence-corrected chi connectivity index (χ1v) is 9.63. The van der Waals surface area contributed by atoms with E-state index in [1.54, 1.807) is 43.5 Å². The van der Waals surface area contributed by atoms with Gasteiger partial charge in [0.05, 0.1) is 13.7 Å². The summed E-state index contributed by atoms with van der Waals surface area (Å²) in [7, 11) is 1.58. The second-order valence-electron chi connectivity index (χ2n) is 6.52. The Balaban J connectivity index is 1.55. The Hall–Kier alpha value is -4.08. The molecule has 3 rings (SSSR count). The summed E-state index contributed by atoms with van der Waals surface area (Å²) >= 11 is 0. The maximum Gasteiger partial charge on any atom is 0.275 e. The van der Waals surface area contributed by atoms with Crippen LogP contribution in [0.15, 0.2) is 48.5 Å². The van der Waals surface area contributed by atoms with E-state index >= 15 is 0 Å². The van der Waals surface area contributed by atoms with Crippen molar-refractivity contribution < 1.29 is 19.1 Å². The number of nitrogens with two attached hydrogens (primary N) is 1. The van der Waals surface area contributed by atoms with Crippen LogP contribution in [-0.2, 0) is 17.9 Å². The number of ether oxygens (including phenoxy) is 2. The fourth-order valence-corrected chi connectivity index (χ4v) is 2.75. The molecule has 0 spiro atoms. The number of nitrogens with zero attached hydrogens (tertiary/aromatic N) is 3. The fourth-order valence-electron chi connectivity index (χ4n) is 2.75. The average molecular weight is 424 g/mol. The van der Waals surface area contributed by atoms with E-state index < -0.39 is 5.91 Å². The Kier molecular flexibility index (Phi) is 7.05. The average Bonchev–Trinajstić information content (AvgIpc) is 3.14. The first-order chi connectivity index (χ1) is 15.0. The van der Waals surface area contributed by atoms with Gasteiger partial charge in [0.2, 0.25) is 5.91 Å². The van der Waals surface area contributed by atoms with E-state index in [-0.39, 0.29) is 30.5 Å². The molecule has 0 radical (unpaired) electrons. The number of carbonyl (C=O) groups excluding carboxylic acids is 2. The molecule has 31 heavy (non-hydrogen) atoms. The summed E-state index contributed by atoms with van der Waals surface area (Å²) in [4.78, 5) is 24.7. The summed E-state index contributed by atoms with van der Waals surface area (Å²) < 4.78 is 11.6. The van der Waals surface area contributed by atoms with Crippen molar-refractivity contribution in [3.8, 4) is 11.5 Å². The van der Waals surface area contributed by atoms with Crippen LogP contribution in [0.2, 0.25) is 0 Å². The van der Waals surface area contributed by atoms with Gasteiger partial charge in [0.25, 0.3) is 5.91 Å². The van der Waals surface area contributed by atoms with E-state index in [1.165, 1.54) is 4.68 Å². The molecule has 0 aliphatic heterocycles. The van der Waals surface area contributed by atoms with Crippen LogP contribution >= 0.6 is 0 Å². The molecule has 2 aromatic carbocycles. The quantitative estimate of drug-likeness (QED) is 0.477. The van der Waals surface area contributed by atoms with Gasteiger partial charge in [0.15, 0.2) is 11.5 Å². The van der Waals surface area contributed by atoms with Crippen LogP contribution in [0.1, 0.15) is 23.0 Å². The van der Waals surface area contributed by atoms with Gasteiger partial charge in [-0.05, 0) is 48.9 Å². The van der Waals surface area contributed by atoms with E-state index in [2.05, 4.69) is 20.9 Å². The largest absolute Gasteiger partial charge is 0.497 e. The van der Waals surface area contributed by atoms with Crippen molar-refractivity contribution >= 4 is 23.3 Å². The topological polar surface area (TPSA) is 133 Å². The van der Waals surface area contributed by atoms with Gasteiger partial charge in [-0.2, -0.15) is 0 Å². The highest BCUT2D eigenvalue weighted by Gasteiger charge is 2.18. The highest BCUT2D eigenvalue weighted by Crippen LogP contribution is 2.16. The van der Waals surface area contributed by atoms with Crippen molar-refractivity contribution in [3.63, 3.8) is 0 Å². The molecular weight excluding hydrogens is 400 g/mol. The molecule has 1 aromatic heterocycles. The highest BCUT2D eigenvalue weighted by atomic mass is 16.5. The third kappa shape index (κ3) is 5.72. The van der Waals surface area contributed by atoms with Gasteiger partial charge < -0.3 is 25.8 Å². The third-order valence-electron chi connectivity index (χ3n) is 4.34. The molecular formula is C21H24N6O4. The van der Waals surface area contributed by atoms with Gasteiger partial charge >= 0.3 is 0 Å². The van der Waals surface area contributed by atoms with Gasteiger partial charge in [-0.25, -0.2) is 4.68 Å². The lowest BCUT2D eigenvalue weighted by Crippen LogP contribution is -2.25. The minimum absolute atomic E-state index is 0.00840. The molecule has 2 amide bonds. The van der Waals surface area contributed by atoms with Gasteiger partial charge in [0.1, 0.15) is 18.0 Å². The molecule has 0 atom stereocenters. The molecule has 10 nitrogen and oxygen atoms in total. The third-order valence-corrected chi connectivity index (χ3v) is 4.34. The van der Waals surface area contributed by atoms with E-state index in [9.17, 15) is 9.59 Å². The van der Waals surface area contributed by atoms with Crippen LogP contribution in [0, 0.1) is 0 Å². The Labute approximate surface area is 179 Å². The molecule has 0 unspecified atom stereocenters. The lowest BCUT2D eigenvalue weighted by Gasteiger charge is -2.08. The number of hydrogen-bond acceptors (Lipinski definition) is 7. The summed E-state index contributed by atoms with van der Waals surface area (Å²) in [5.41, 5.74) is 7.42.